The number of hydrogen-bond acceptors (Lipinski definition) is 3. The van der Waals surface area contributed by atoms with Gasteiger partial charge >= 0.3 is 5.97 Å². The van der Waals surface area contributed by atoms with Crippen LogP contribution in [0.3, 0.4) is 0 Å². The molecule has 0 heterocycles. The monoisotopic (exact) mass is 372 g/mol. The van der Waals surface area contributed by atoms with Crippen LogP contribution in [0.2, 0.25) is 25.2 Å². The smallest absolute Gasteiger partial charge is 0.335 e. The van der Waals surface area contributed by atoms with Crippen LogP contribution in [0.5, 0.6) is 0 Å². The molecule has 0 N–H and O–H groups in total. The van der Waals surface area contributed by atoms with Crippen LogP contribution in [0.1, 0.15) is 6.92 Å². The lowest BCUT2D eigenvalue weighted by Gasteiger charge is -2.32. The molecule has 0 rings (SSSR count). The first-order valence-corrected chi connectivity index (χ1v) is 11.3. The fourth-order valence-electron chi connectivity index (χ4n) is 1.78. The summed E-state index contributed by atoms with van der Waals surface area (Å²) in [7, 11) is -1.70. The second kappa shape index (κ2) is 9.21. The third kappa shape index (κ3) is 8.89. The average Bonchev–Trinajstić information content (AvgIpc) is 2.33. The highest BCUT2D eigenvalue weighted by atomic mass is 35.6. The summed E-state index contributed by atoms with van der Waals surface area (Å²) >= 11 is 16.8. The first-order valence-electron chi connectivity index (χ1n) is 6.61. The van der Waals surface area contributed by atoms with E-state index in [-0.39, 0.29) is 18.8 Å². The Bertz CT molecular complexity index is 373. The third-order valence-electron chi connectivity index (χ3n) is 2.73. The molecule has 122 valence electrons. The molecule has 0 bridgehead atoms. The Balaban J connectivity index is 5.14. The lowest BCUT2D eigenvalue weighted by atomic mass is 10.2. The van der Waals surface area contributed by atoms with Crippen molar-refractivity contribution in [3.05, 3.63) is 24.8 Å². The van der Waals surface area contributed by atoms with Gasteiger partial charge in [-0.3, -0.25) is 0 Å². The number of alkyl halides is 3. The van der Waals surface area contributed by atoms with Crippen LogP contribution in [-0.4, -0.2) is 37.2 Å². The first-order chi connectivity index (χ1) is 9.53. The van der Waals surface area contributed by atoms with Crippen molar-refractivity contribution in [2.75, 3.05) is 13.2 Å². The SMILES string of the molecule is C=CCO[C@@H](C(=O)OCC(Cl)(Cl)Cl)[C@@H](/C=C/C)[Si](C)(C)C. The average molecular weight is 374 g/mol. The molecule has 0 amide bonds. The molecule has 0 aliphatic heterocycles. The predicted octanol–water partition coefficient (Wildman–Crippen LogP) is 4.76. The molecule has 21 heavy (non-hydrogen) atoms. The number of carbonyl (C=O) groups is 1. The van der Waals surface area contributed by atoms with E-state index in [9.17, 15) is 4.79 Å². The summed E-state index contributed by atoms with van der Waals surface area (Å²) in [5, 5.41) is 0. The summed E-state index contributed by atoms with van der Waals surface area (Å²) in [4.78, 5) is 12.3. The molecule has 0 saturated heterocycles. The highest BCUT2D eigenvalue weighted by Gasteiger charge is 2.38. The van der Waals surface area contributed by atoms with E-state index in [0.29, 0.717) is 0 Å². The highest BCUT2D eigenvalue weighted by molar-refractivity contribution is 6.78. The van der Waals surface area contributed by atoms with Gasteiger partial charge in [0.05, 0.1) is 14.7 Å². The Morgan fingerprint density at radius 2 is 1.90 bits per heavy atom. The van der Waals surface area contributed by atoms with Gasteiger partial charge in [-0.25, -0.2) is 4.79 Å². The van der Waals surface area contributed by atoms with Crippen molar-refractivity contribution in [3.8, 4) is 0 Å². The molecule has 0 aliphatic rings. The summed E-state index contributed by atoms with van der Waals surface area (Å²) in [5.74, 6) is -0.520. The van der Waals surface area contributed by atoms with Crippen molar-refractivity contribution in [2.24, 2.45) is 0 Å². The number of hydrogen-bond donors (Lipinski definition) is 0. The van der Waals surface area contributed by atoms with E-state index in [1.165, 1.54) is 0 Å². The Hall–Kier alpha value is -0.00312. The summed E-state index contributed by atoms with van der Waals surface area (Å²) in [6, 6.07) is 0. The summed E-state index contributed by atoms with van der Waals surface area (Å²) in [5.41, 5.74) is -0.0367. The summed E-state index contributed by atoms with van der Waals surface area (Å²) < 4.78 is 9.07. The van der Waals surface area contributed by atoms with Crippen LogP contribution in [-0.2, 0) is 14.3 Å². The van der Waals surface area contributed by atoms with Gasteiger partial charge in [0.15, 0.2) is 6.10 Å². The van der Waals surface area contributed by atoms with E-state index >= 15 is 0 Å². The minimum absolute atomic E-state index is 0.0367. The van der Waals surface area contributed by atoms with E-state index in [2.05, 4.69) is 26.2 Å². The molecule has 0 fully saturated rings. The first kappa shape index (κ1) is 21.0. The predicted molar refractivity (Wildman–Crippen MR) is 93.1 cm³/mol. The van der Waals surface area contributed by atoms with Crippen molar-refractivity contribution in [2.45, 2.75) is 42.0 Å². The second-order valence-corrected chi connectivity index (χ2v) is 13.6. The van der Waals surface area contributed by atoms with Crippen molar-refractivity contribution in [3.63, 3.8) is 0 Å². The zero-order valence-electron chi connectivity index (χ0n) is 12.9. The molecule has 0 saturated carbocycles. The number of rotatable bonds is 8. The third-order valence-corrected chi connectivity index (χ3v) is 5.55. The highest BCUT2D eigenvalue weighted by Crippen LogP contribution is 2.31. The van der Waals surface area contributed by atoms with Gasteiger partial charge in [-0.15, -0.1) is 6.58 Å². The molecule has 7 heteroatoms. The van der Waals surface area contributed by atoms with Gasteiger partial charge in [0, 0.05) is 5.54 Å². The zero-order valence-corrected chi connectivity index (χ0v) is 16.1. The molecule has 0 radical (unpaired) electrons. The maximum Gasteiger partial charge on any atom is 0.335 e. The maximum absolute atomic E-state index is 12.3. The van der Waals surface area contributed by atoms with Crippen molar-refractivity contribution < 1.29 is 14.3 Å². The van der Waals surface area contributed by atoms with Crippen LogP contribution in [0.4, 0.5) is 0 Å². The summed E-state index contributed by atoms with van der Waals surface area (Å²) in [6.45, 7) is 11.9. The fourth-order valence-corrected chi connectivity index (χ4v) is 3.85. The molecule has 0 spiro atoms. The van der Waals surface area contributed by atoms with Gasteiger partial charge in [-0.2, -0.15) is 0 Å². The van der Waals surface area contributed by atoms with Crippen molar-refractivity contribution in [1.29, 1.82) is 0 Å². The molecule has 0 aromatic heterocycles. The number of halogens is 3. The van der Waals surface area contributed by atoms with Crippen LogP contribution in [0.15, 0.2) is 24.8 Å². The largest absolute Gasteiger partial charge is 0.459 e. The zero-order chi connectivity index (χ0) is 16.7. The number of esters is 1. The molecule has 0 aromatic rings. The van der Waals surface area contributed by atoms with E-state index in [0.717, 1.165) is 0 Å². The Morgan fingerprint density at radius 3 is 2.29 bits per heavy atom. The van der Waals surface area contributed by atoms with Gasteiger partial charge < -0.3 is 9.47 Å². The minimum Gasteiger partial charge on any atom is -0.459 e. The fraction of sp³-hybridized carbons (Fsp3) is 0.643. The summed E-state index contributed by atoms with van der Waals surface area (Å²) in [6.07, 6.45) is 4.76. The second-order valence-electron chi connectivity index (χ2n) is 5.68. The van der Waals surface area contributed by atoms with E-state index < -0.39 is 23.9 Å². The van der Waals surface area contributed by atoms with Crippen LogP contribution in [0.25, 0.3) is 0 Å². The van der Waals surface area contributed by atoms with Crippen molar-refractivity contribution >= 4 is 48.8 Å². The van der Waals surface area contributed by atoms with E-state index in [1.54, 1.807) is 6.08 Å². The maximum atomic E-state index is 12.3. The van der Waals surface area contributed by atoms with E-state index in [4.69, 9.17) is 44.3 Å². The minimum atomic E-state index is -1.70. The molecular weight excluding hydrogens is 351 g/mol. The van der Waals surface area contributed by atoms with E-state index in [1.807, 2.05) is 19.1 Å². The van der Waals surface area contributed by atoms with Crippen LogP contribution in [0, 0.1) is 0 Å². The van der Waals surface area contributed by atoms with Gasteiger partial charge in [0.1, 0.15) is 6.61 Å². The lowest BCUT2D eigenvalue weighted by molar-refractivity contribution is -0.156. The molecular formula is C14H23Cl3O3Si. The number of ether oxygens (including phenoxy) is 2. The van der Waals surface area contributed by atoms with Gasteiger partial charge in [-0.05, 0) is 6.92 Å². The molecule has 0 unspecified atom stereocenters. The van der Waals surface area contributed by atoms with Gasteiger partial charge in [-0.1, -0.05) is 72.7 Å². The Kier molecular flexibility index (Phi) is 9.21. The Morgan fingerprint density at radius 1 is 1.33 bits per heavy atom. The number of carbonyl (C=O) groups excluding carboxylic acids is 1. The van der Waals surface area contributed by atoms with Crippen LogP contribution >= 0.6 is 34.8 Å². The molecule has 3 nitrogen and oxygen atoms in total. The van der Waals surface area contributed by atoms with Crippen molar-refractivity contribution in [1.82, 2.24) is 0 Å². The topological polar surface area (TPSA) is 35.5 Å². The Labute approximate surface area is 143 Å². The molecule has 0 aromatic carbocycles. The van der Waals surface area contributed by atoms with Gasteiger partial charge in [0.2, 0.25) is 3.79 Å². The molecule has 2 atom stereocenters. The standard InChI is InChI=1S/C14H23Cl3O3Si/c1-6-8-11(21(3,4)5)12(19-9-7-2)13(18)20-10-14(15,16)17/h6-8,11-12H,2,9-10H2,1,3-5H3/b8-6+/t11-,12-/m1/s1. The normalized spacial score (nSPS) is 15.8. The van der Waals surface area contributed by atoms with Gasteiger partial charge in [0.25, 0.3) is 0 Å². The quantitative estimate of drug-likeness (QED) is 0.266. The molecule has 0 aliphatic carbocycles. The lowest BCUT2D eigenvalue weighted by Crippen LogP contribution is -2.42. The van der Waals surface area contributed by atoms with Crippen LogP contribution < -0.4 is 0 Å². The number of allylic oxidation sites excluding steroid dienone is 1.